The number of benzene rings is 2. The zero-order valence-electron chi connectivity index (χ0n) is 11.2. The van der Waals surface area contributed by atoms with Gasteiger partial charge in [-0.2, -0.15) is 0 Å². The molecule has 20 heavy (non-hydrogen) atoms. The maximum atomic E-state index is 9.14. The first-order chi connectivity index (χ1) is 9.78. The first-order valence-electron chi connectivity index (χ1n) is 6.95. The molecule has 0 spiro atoms. The van der Waals surface area contributed by atoms with E-state index < -0.39 is 0 Å². The van der Waals surface area contributed by atoms with E-state index in [4.69, 9.17) is 17.3 Å². The van der Waals surface area contributed by atoms with Gasteiger partial charge in [-0.1, -0.05) is 30.3 Å². The molecule has 0 bridgehead atoms. The smallest absolute Gasteiger partial charge is 0.173 e. The zero-order chi connectivity index (χ0) is 13.9. The van der Waals surface area contributed by atoms with Crippen LogP contribution in [0.4, 0.5) is 5.69 Å². The van der Waals surface area contributed by atoms with Crippen LogP contribution >= 0.6 is 12.2 Å². The number of hydrogen-bond donors (Lipinski definition) is 2. The Balaban J connectivity index is 1.76. The largest absolute Gasteiger partial charge is 0.395 e. The third-order valence-corrected chi connectivity index (χ3v) is 3.93. The second-order valence-corrected chi connectivity index (χ2v) is 5.53. The molecule has 3 nitrogen and oxygen atoms in total. The van der Waals surface area contributed by atoms with E-state index in [0.29, 0.717) is 17.7 Å². The van der Waals surface area contributed by atoms with Crippen molar-refractivity contribution < 1.29 is 5.11 Å². The first kappa shape index (κ1) is 13.3. The second-order valence-electron chi connectivity index (χ2n) is 5.14. The van der Waals surface area contributed by atoms with Gasteiger partial charge in [-0.15, -0.1) is 0 Å². The van der Waals surface area contributed by atoms with Gasteiger partial charge in [0.2, 0.25) is 0 Å². The average molecular weight is 286 g/mol. The molecule has 0 aromatic heterocycles. The molecule has 0 radical (unpaired) electrons. The molecule has 1 aliphatic rings. The van der Waals surface area contributed by atoms with Crippen LogP contribution < -0.4 is 5.32 Å². The summed E-state index contributed by atoms with van der Waals surface area (Å²) in [5, 5.41) is 15.5. The molecule has 104 valence electrons. The van der Waals surface area contributed by atoms with Crippen molar-refractivity contribution in [1.82, 2.24) is 4.90 Å². The lowest BCUT2D eigenvalue weighted by Crippen LogP contribution is -2.38. The predicted octanol–water partition coefficient (Wildman–Crippen LogP) is 2.99. The average Bonchev–Trinajstić information content (AvgIpc) is 3.29. The number of fused-ring (bicyclic) bond motifs is 1. The normalized spacial score (nSPS) is 14.2. The van der Waals surface area contributed by atoms with E-state index in [9.17, 15) is 0 Å². The van der Waals surface area contributed by atoms with Gasteiger partial charge in [0.15, 0.2) is 5.11 Å². The number of aliphatic hydroxyl groups is 1. The van der Waals surface area contributed by atoms with Gasteiger partial charge in [0.05, 0.1) is 6.61 Å². The van der Waals surface area contributed by atoms with Crippen LogP contribution in [0.25, 0.3) is 10.8 Å². The second kappa shape index (κ2) is 5.77. The highest BCUT2D eigenvalue weighted by Crippen LogP contribution is 2.27. The van der Waals surface area contributed by atoms with Gasteiger partial charge in [0.25, 0.3) is 0 Å². The molecule has 4 heteroatoms. The molecule has 2 aromatic rings. The SMILES string of the molecule is OCCN(C(=S)Nc1ccc2ccccc2c1)C1CC1. The highest BCUT2D eigenvalue weighted by molar-refractivity contribution is 7.80. The van der Waals surface area contributed by atoms with Gasteiger partial charge < -0.3 is 15.3 Å². The summed E-state index contributed by atoms with van der Waals surface area (Å²) in [5.74, 6) is 0. The Bertz CT molecular complexity index is 625. The van der Waals surface area contributed by atoms with Gasteiger partial charge >= 0.3 is 0 Å². The van der Waals surface area contributed by atoms with Gasteiger partial charge in [0.1, 0.15) is 0 Å². The van der Waals surface area contributed by atoms with E-state index in [1.54, 1.807) is 0 Å². The van der Waals surface area contributed by atoms with E-state index in [0.717, 1.165) is 5.69 Å². The first-order valence-corrected chi connectivity index (χ1v) is 7.36. The molecule has 2 aromatic carbocycles. The van der Waals surface area contributed by atoms with Crippen LogP contribution in [0.3, 0.4) is 0 Å². The molecule has 2 N–H and O–H groups in total. The van der Waals surface area contributed by atoms with Crippen molar-refractivity contribution in [1.29, 1.82) is 0 Å². The van der Waals surface area contributed by atoms with E-state index >= 15 is 0 Å². The highest BCUT2D eigenvalue weighted by atomic mass is 32.1. The zero-order valence-corrected chi connectivity index (χ0v) is 12.1. The number of thiocarbonyl (C=S) groups is 1. The van der Waals surface area contributed by atoms with Crippen molar-refractivity contribution in [3.05, 3.63) is 42.5 Å². The summed E-state index contributed by atoms with van der Waals surface area (Å²) in [5.41, 5.74) is 0.997. The minimum Gasteiger partial charge on any atom is -0.395 e. The quantitative estimate of drug-likeness (QED) is 0.847. The summed E-state index contributed by atoms with van der Waals surface area (Å²) in [6, 6.07) is 15.0. The maximum Gasteiger partial charge on any atom is 0.173 e. The highest BCUT2D eigenvalue weighted by Gasteiger charge is 2.30. The Hall–Kier alpha value is -1.65. The number of aliphatic hydroxyl groups excluding tert-OH is 1. The van der Waals surface area contributed by atoms with Crippen LogP contribution in [0.1, 0.15) is 12.8 Å². The predicted molar refractivity (Wildman–Crippen MR) is 87.0 cm³/mol. The molecule has 3 rings (SSSR count). The summed E-state index contributed by atoms with van der Waals surface area (Å²) >= 11 is 5.47. The number of nitrogens with one attached hydrogen (secondary N) is 1. The lowest BCUT2D eigenvalue weighted by molar-refractivity contribution is 0.247. The van der Waals surface area contributed by atoms with Crippen molar-refractivity contribution in [2.24, 2.45) is 0 Å². The van der Waals surface area contributed by atoms with E-state index in [1.807, 2.05) is 18.2 Å². The van der Waals surface area contributed by atoms with Crippen LogP contribution in [-0.4, -0.2) is 34.3 Å². The summed E-state index contributed by atoms with van der Waals surface area (Å²) in [6.45, 7) is 0.736. The minimum absolute atomic E-state index is 0.135. The molecule has 0 saturated heterocycles. The van der Waals surface area contributed by atoms with Crippen molar-refractivity contribution in [2.75, 3.05) is 18.5 Å². The molecular formula is C16H18N2OS. The fraction of sp³-hybridized carbons (Fsp3) is 0.312. The summed E-state index contributed by atoms with van der Waals surface area (Å²) in [4.78, 5) is 2.09. The van der Waals surface area contributed by atoms with Crippen LogP contribution in [0.15, 0.2) is 42.5 Å². The maximum absolute atomic E-state index is 9.14. The Morgan fingerprint density at radius 1 is 1.20 bits per heavy atom. The third kappa shape index (κ3) is 2.92. The molecule has 1 fully saturated rings. The Morgan fingerprint density at radius 2 is 1.95 bits per heavy atom. The number of anilines is 1. The van der Waals surface area contributed by atoms with Crippen molar-refractivity contribution in [2.45, 2.75) is 18.9 Å². The van der Waals surface area contributed by atoms with Crippen LogP contribution in [-0.2, 0) is 0 Å². The van der Waals surface area contributed by atoms with Gasteiger partial charge in [0, 0.05) is 18.3 Å². The third-order valence-electron chi connectivity index (χ3n) is 3.59. The van der Waals surface area contributed by atoms with Gasteiger partial charge in [-0.3, -0.25) is 0 Å². The standard InChI is InChI=1S/C16H18N2OS/c19-10-9-18(15-7-8-15)16(20)17-14-6-5-12-3-1-2-4-13(12)11-14/h1-6,11,15,19H,7-10H2,(H,17,20). The van der Waals surface area contributed by atoms with Crippen LogP contribution in [0.5, 0.6) is 0 Å². The van der Waals surface area contributed by atoms with E-state index in [1.165, 1.54) is 23.6 Å². The van der Waals surface area contributed by atoms with Gasteiger partial charge in [-0.25, -0.2) is 0 Å². The molecule has 0 amide bonds. The summed E-state index contributed by atoms with van der Waals surface area (Å²) < 4.78 is 0. The molecule has 0 heterocycles. The van der Waals surface area contributed by atoms with Crippen LogP contribution in [0.2, 0.25) is 0 Å². The Kier molecular flexibility index (Phi) is 3.85. The fourth-order valence-corrected chi connectivity index (χ4v) is 2.76. The Morgan fingerprint density at radius 3 is 2.65 bits per heavy atom. The summed E-state index contributed by atoms with van der Waals surface area (Å²) in [7, 11) is 0. The number of nitrogens with zero attached hydrogens (tertiary/aromatic N) is 1. The lowest BCUT2D eigenvalue weighted by Gasteiger charge is -2.25. The lowest BCUT2D eigenvalue weighted by atomic mass is 10.1. The van der Waals surface area contributed by atoms with Crippen LogP contribution in [0, 0.1) is 0 Å². The monoisotopic (exact) mass is 286 g/mol. The van der Waals surface area contributed by atoms with Crippen molar-refractivity contribution in [3.8, 4) is 0 Å². The van der Waals surface area contributed by atoms with Crippen molar-refractivity contribution in [3.63, 3.8) is 0 Å². The molecule has 0 unspecified atom stereocenters. The molecule has 0 atom stereocenters. The minimum atomic E-state index is 0.135. The van der Waals surface area contributed by atoms with Crippen molar-refractivity contribution >= 4 is 33.8 Å². The molecular weight excluding hydrogens is 268 g/mol. The summed E-state index contributed by atoms with van der Waals surface area (Å²) in [6.07, 6.45) is 2.33. The molecule has 1 saturated carbocycles. The fourth-order valence-electron chi connectivity index (χ4n) is 2.41. The number of hydrogen-bond acceptors (Lipinski definition) is 2. The topological polar surface area (TPSA) is 35.5 Å². The molecule has 0 aliphatic heterocycles. The number of rotatable bonds is 4. The van der Waals surface area contributed by atoms with E-state index in [-0.39, 0.29) is 6.61 Å². The molecule has 1 aliphatic carbocycles. The van der Waals surface area contributed by atoms with E-state index in [2.05, 4.69) is 34.5 Å². The Labute approximate surface area is 124 Å². The van der Waals surface area contributed by atoms with Gasteiger partial charge in [-0.05, 0) is 48.0 Å².